The average Bonchev–Trinajstić information content (AvgIpc) is 3.17. The maximum absolute atomic E-state index is 8.71. The van der Waals surface area contributed by atoms with E-state index in [4.69, 9.17) is 10.3 Å². The molecule has 198 valence electrons. The molecule has 3 aliphatic rings. The number of hydrogen-bond acceptors (Lipinski definition) is 2. The molecule has 0 aromatic heterocycles. The van der Waals surface area contributed by atoms with E-state index in [1.165, 1.54) is 119 Å². The first-order valence-electron chi connectivity index (χ1n) is 14.9. The van der Waals surface area contributed by atoms with Crippen LogP contribution in [0.15, 0.2) is 60.7 Å². The summed E-state index contributed by atoms with van der Waals surface area (Å²) in [5.74, 6) is 0. The monoisotopic (exact) mass is 550 g/mol. The number of rotatable bonds is 4. The fourth-order valence-corrected chi connectivity index (χ4v) is 9.53. The molecule has 1 aliphatic heterocycles. The van der Waals surface area contributed by atoms with Gasteiger partial charge < -0.3 is 4.48 Å². The van der Waals surface area contributed by atoms with Gasteiger partial charge in [0.2, 0.25) is 0 Å². The van der Waals surface area contributed by atoms with E-state index >= 15 is 0 Å². The highest BCUT2D eigenvalue weighted by Crippen LogP contribution is 2.48. The third kappa shape index (κ3) is 4.21. The average molecular weight is 551 g/mol. The maximum atomic E-state index is 8.71. The Morgan fingerprint density at radius 3 is 1.38 bits per heavy atom. The van der Waals surface area contributed by atoms with Gasteiger partial charge in [0.1, 0.15) is 13.1 Å². The van der Waals surface area contributed by atoms with Gasteiger partial charge in [-0.2, -0.15) is 0 Å². The zero-order chi connectivity index (χ0) is 26.4. The minimum absolute atomic E-state index is 0.615. The molecule has 4 aromatic carbocycles. The lowest BCUT2D eigenvalue weighted by molar-refractivity contribution is -0.999. The normalized spacial score (nSPS) is 20.2. The van der Waals surface area contributed by atoms with Crippen molar-refractivity contribution in [1.29, 1.82) is 10.3 Å². The lowest BCUT2D eigenvalue weighted by Gasteiger charge is -2.52. The van der Waals surface area contributed by atoms with E-state index in [9.17, 15) is 0 Å². The Hall–Kier alpha value is -2.44. The van der Waals surface area contributed by atoms with Crippen LogP contribution in [0.1, 0.15) is 75.3 Å². The first kappa shape index (κ1) is 25.5. The largest absolute Gasteiger partial charge is 0.311 e. The van der Waals surface area contributed by atoms with Gasteiger partial charge in [-0.1, -0.05) is 61.4 Å². The molecule has 7 rings (SSSR count). The van der Waals surface area contributed by atoms with Gasteiger partial charge in [-0.15, -0.1) is 0 Å². The molecule has 2 saturated carbocycles. The quantitative estimate of drug-likeness (QED) is 0.188. The highest BCUT2D eigenvalue weighted by Gasteiger charge is 2.48. The summed E-state index contributed by atoms with van der Waals surface area (Å²) < 4.78 is 1.15. The van der Waals surface area contributed by atoms with Gasteiger partial charge in [-0.05, 0) is 85.0 Å². The molecule has 1 heterocycles. The molecular formula is C34H38N3P2+. The van der Waals surface area contributed by atoms with Crippen LogP contribution in [0, 0.1) is 10.3 Å². The van der Waals surface area contributed by atoms with Crippen LogP contribution in [0.3, 0.4) is 0 Å². The van der Waals surface area contributed by atoms with Gasteiger partial charge in [0.25, 0.3) is 0 Å². The Morgan fingerprint density at radius 1 is 0.564 bits per heavy atom. The summed E-state index contributed by atoms with van der Waals surface area (Å²) in [4.78, 5) is 0. The van der Waals surface area contributed by atoms with Crippen LogP contribution in [0.4, 0.5) is 0 Å². The predicted molar refractivity (Wildman–Crippen MR) is 167 cm³/mol. The minimum Gasteiger partial charge on any atom is -0.311 e. The van der Waals surface area contributed by atoms with Crippen LogP contribution in [0.25, 0.3) is 32.7 Å². The van der Waals surface area contributed by atoms with E-state index in [0.717, 1.165) is 17.6 Å². The molecule has 2 aliphatic carbocycles. The topological polar surface area (TPSA) is 47.7 Å². The molecule has 39 heavy (non-hydrogen) atoms. The van der Waals surface area contributed by atoms with Crippen LogP contribution in [0.5, 0.6) is 0 Å². The van der Waals surface area contributed by atoms with E-state index in [1.54, 1.807) is 0 Å². The molecule has 2 N–H and O–H groups in total. The van der Waals surface area contributed by atoms with E-state index in [0.29, 0.717) is 28.8 Å². The fourth-order valence-electron chi connectivity index (χ4n) is 8.49. The molecular weight excluding hydrogens is 512 g/mol. The summed E-state index contributed by atoms with van der Waals surface area (Å²) in [6.07, 6.45) is 13.4. The van der Waals surface area contributed by atoms with Crippen molar-refractivity contribution in [2.45, 2.75) is 89.4 Å². The van der Waals surface area contributed by atoms with E-state index in [2.05, 4.69) is 60.7 Å². The van der Waals surface area contributed by atoms with Crippen LogP contribution in [-0.2, 0) is 13.1 Å². The van der Waals surface area contributed by atoms with Crippen LogP contribution in [0.2, 0.25) is 0 Å². The number of hydrogen-bond donors (Lipinski definition) is 2. The van der Waals surface area contributed by atoms with Gasteiger partial charge in [-0.25, -0.2) is 0 Å². The molecule has 0 atom stereocenters. The van der Waals surface area contributed by atoms with Crippen molar-refractivity contribution in [3.05, 3.63) is 71.8 Å². The highest BCUT2D eigenvalue weighted by atomic mass is 31.1. The highest BCUT2D eigenvalue weighted by molar-refractivity contribution is 7.35. The number of fused-ring (bicyclic) bond motifs is 7. The molecule has 0 unspecified atom stereocenters. The summed E-state index contributed by atoms with van der Waals surface area (Å²) in [5.41, 5.74) is 5.57. The second-order valence-electron chi connectivity index (χ2n) is 12.2. The molecule has 2 fully saturated rings. The maximum Gasteiger partial charge on any atom is 0.107 e. The zero-order valence-corrected chi connectivity index (χ0v) is 24.5. The lowest BCUT2D eigenvalue weighted by Crippen LogP contribution is -2.61. The SMILES string of the molecule is N=Pc1cc2ccccc2c2c1C[N+](C1CCCCC1)(C1CCCCC1)Cc1c(P=N)cc3ccccc3c1-2. The number of benzene rings is 4. The van der Waals surface area contributed by atoms with Crippen molar-refractivity contribution in [2.24, 2.45) is 0 Å². The van der Waals surface area contributed by atoms with Crippen molar-refractivity contribution in [3.63, 3.8) is 0 Å². The lowest BCUT2D eigenvalue weighted by atomic mass is 9.84. The third-order valence-electron chi connectivity index (χ3n) is 10.3. The first-order chi connectivity index (χ1) is 19.2. The summed E-state index contributed by atoms with van der Waals surface area (Å²) in [6.45, 7) is 2.07. The Balaban J connectivity index is 1.63. The molecule has 0 saturated heterocycles. The zero-order valence-electron chi connectivity index (χ0n) is 22.8. The number of nitrogens with zero attached hydrogens (tertiary/aromatic N) is 1. The van der Waals surface area contributed by atoms with Crippen molar-refractivity contribution in [1.82, 2.24) is 0 Å². The Kier molecular flexibility index (Phi) is 6.88. The standard InChI is InChI=1S/C34H38N3P2/c35-38-31-19-23-11-7-9-17-27(23)33-29(31)21-37(25-13-3-1-4-14-25,26-15-5-2-6-16-26)22-30-32(39-36)20-24-12-8-10-18-28(24)34(30)33/h7-12,17-20,25-26,35-36H,1-6,13-16,21-22H2/q+1. The number of nitrogens with one attached hydrogen (secondary N) is 2. The fraction of sp³-hybridized carbons (Fsp3) is 0.412. The van der Waals surface area contributed by atoms with E-state index in [1.807, 2.05) is 0 Å². The van der Waals surface area contributed by atoms with Crippen LogP contribution in [-0.4, -0.2) is 16.6 Å². The van der Waals surface area contributed by atoms with Gasteiger partial charge in [0.05, 0.1) is 12.1 Å². The van der Waals surface area contributed by atoms with Gasteiger partial charge >= 0.3 is 0 Å². The van der Waals surface area contributed by atoms with Gasteiger partial charge in [-0.3, -0.25) is 10.3 Å². The summed E-state index contributed by atoms with van der Waals surface area (Å²) >= 11 is 0. The van der Waals surface area contributed by atoms with Gasteiger partial charge in [0.15, 0.2) is 0 Å². The van der Waals surface area contributed by atoms with Crippen molar-refractivity contribution < 1.29 is 4.48 Å². The van der Waals surface area contributed by atoms with Gasteiger partial charge in [0, 0.05) is 49.6 Å². The summed E-state index contributed by atoms with van der Waals surface area (Å²) in [6, 6.07) is 23.7. The molecule has 0 radical (unpaired) electrons. The molecule has 0 bridgehead atoms. The van der Waals surface area contributed by atoms with Crippen molar-refractivity contribution in [3.8, 4) is 11.1 Å². The predicted octanol–water partition coefficient (Wildman–Crippen LogP) is 9.82. The summed E-state index contributed by atoms with van der Waals surface area (Å²) in [5, 5.41) is 24.9. The van der Waals surface area contributed by atoms with E-state index in [-0.39, 0.29) is 0 Å². The second kappa shape index (κ2) is 10.5. The van der Waals surface area contributed by atoms with Crippen molar-refractivity contribution >= 4 is 48.9 Å². The molecule has 0 spiro atoms. The Bertz CT molecular complexity index is 1460. The molecule has 4 aromatic rings. The van der Waals surface area contributed by atoms with Crippen LogP contribution >= 0.6 is 16.7 Å². The minimum atomic E-state index is 0.615. The number of quaternary nitrogens is 1. The van der Waals surface area contributed by atoms with Crippen LogP contribution < -0.4 is 10.6 Å². The summed E-state index contributed by atoms with van der Waals surface area (Å²) in [7, 11) is 1.23. The molecule has 5 heteroatoms. The Labute approximate surface area is 235 Å². The molecule has 0 amide bonds. The van der Waals surface area contributed by atoms with Crippen molar-refractivity contribution in [2.75, 3.05) is 0 Å². The smallest absolute Gasteiger partial charge is 0.107 e. The van der Waals surface area contributed by atoms with E-state index < -0.39 is 0 Å². The third-order valence-corrected chi connectivity index (χ3v) is 11.5. The Morgan fingerprint density at radius 2 is 0.974 bits per heavy atom. The second-order valence-corrected chi connectivity index (χ2v) is 13.6. The first-order valence-corrected chi connectivity index (χ1v) is 16.7. The molecule has 3 nitrogen and oxygen atoms in total.